The predicted molar refractivity (Wildman–Crippen MR) is 152 cm³/mol. The van der Waals surface area contributed by atoms with E-state index >= 15 is 0 Å². The van der Waals surface area contributed by atoms with Gasteiger partial charge in [0, 0.05) is 37.3 Å². The van der Waals surface area contributed by atoms with Crippen molar-refractivity contribution in [3.8, 4) is 0 Å². The molecule has 2 bridgehead atoms. The molecular weight excluding hydrogens is 484 g/mol. The van der Waals surface area contributed by atoms with Gasteiger partial charge in [0.15, 0.2) is 0 Å². The number of cyclic esters (lactones) is 2. The Balaban J connectivity index is 2.21. The van der Waals surface area contributed by atoms with E-state index < -0.39 is 12.1 Å². The predicted octanol–water partition coefficient (Wildman–Crippen LogP) is 6.16. The van der Waals surface area contributed by atoms with Crippen LogP contribution < -0.4 is 0 Å². The van der Waals surface area contributed by atoms with E-state index in [4.69, 9.17) is 14.5 Å². The number of likely N-dealkylation sites (N-methyl/N-ethyl adjacent to an activating group) is 1. The van der Waals surface area contributed by atoms with E-state index in [2.05, 4.69) is 29.4 Å². The lowest BCUT2D eigenvalue weighted by molar-refractivity contribution is -0.148. The van der Waals surface area contributed by atoms with Crippen LogP contribution in [0.1, 0.15) is 64.1 Å². The van der Waals surface area contributed by atoms with Gasteiger partial charge in [0.1, 0.15) is 12.2 Å². The van der Waals surface area contributed by atoms with E-state index in [-0.39, 0.29) is 12.1 Å². The fraction of sp³-hybridized carbons (Fsp3) is 0.500. The van der Waals surface area contributed by atoms with Gasteiger partial charge in [-0.2, -0.15) is 0 Å². The molecule has 0 amide bonds. The van der Waals surface area contributed by atoms with Gasteiger partial charge in [-0.1, -0.05) is 47.1 Å². The third-order valence-corrected chi connectivity index (χ3v) is 6.62. The Bertz CT molecular complexity index is 1050. The Kier molecular flexibility index (Phi) is 13.3. The Morgan fingerprint density at radius 1 is 1.11 bits per heavy atom. The van der Waals surface area contributed by atoms with Gasteiger partial charge < -0.3 is 14.4 Å². The number of allylic oxidation sites excluding steroid dienone is 6. The lowest BCUT2D eigenvalue weighted by Crippen LogP contribution is -2.17. The molecule has 0 aliphatic carbocycles. The lowest BCUT2D eigenvalue weighted by Gasteiger charge is -2.13. The number of carbonyl (C=O) groups excluding carboxylic acids is 2. The van der Waals surface area contributed by atoms with Crippen LogP contribution in [0.5, 0.6) is 0 Å². The fourth-order valence-corrected chi connectivity index (χ4v) is 4.64. The second kappa shape index (κ2) is 16.2. The molecule has 2 rings (SSSR count). The van der Waals surface area contributed by atoms with E-state index in [1.165, 1.54) is 11.6 Å². The molecule has 1 aliphatic rings. The Hall–Kier alpha value is -2.77. The highest BCUT2D eigenvalue weighted by Gasteiger charge is 2.15. The van der Waals surface area contributed by atoms with Crippen molar-refractivity contribution in [3.05, 3.63) is 75.3 Å². The summed E-state index contributed by atoms with van der Waals surface area (Å²) in [6.07, 6.45) is 16.6. The summed E-state index contributed by atoms with van der Waals surface area (Å²) in [5, 5.41) is 2.98. The summed E-state index contributed by atoms with van der Waals surface area (Å²) in [7, 11) is 4.08. The molecule has 7 heteroatoms. The molecule has 1 aromatic heterocycles. The quantitative estimate of drug-likeness (QED) is 0.338. The molecule has 0 aromatic carbocycles. The number of hydrogen-bond donors (Lipinski definition) is 0. The Morgan fingerprint density at radius 2 is 1.84 bits per heavy atom. The molecule has 6 nitrogen and oxygen atoms in total. The van der Waals surface area contributed by atoms with Crippen molar-refractivity contribution < 1.29 is 19.1 Å². The average molecular weight is 527 g/mol. The minimum atomic E-state index is -0.426. The number of nitrogens with zero attached hydrogens (tertiary/aromatic N) is 2. The highest BCUT2D eigenvalue weighted by atomic mass is 32.1. The highest BCUT2D eigenvalue weighted by molar-refractivity contribution is 7.09. The van der Waals surface area contributed by atoms with Crippen LogP contribution in [-0.4, -0.2) is 54.7 Å². The second-order valence-corrected chi connectivity index (χ2v) is 10.9. The van der Waals surface area contributed by atoms with Gasteiger partial charge >= 0.3 is 11.9 Å². The topological polar surface area (TPSA) is 68.7 Å². The van der Waals surface area contributed by atoms with Crippen molar-refractivity contribution in [2.75, 3.05) is 20.6 Å². The smallest absolute Gasteiger partial charge is 0.331 e. The maximum absolute atomic E-state index is 12.6. The highest BCUT2D eigenvalue weighted by Crippen LogP contribution is 2.18. The summed E-state index contributed by atoms with van der Waals surface area (Å²) in [6.45, 7) is 8.82. The molecule has 0 unspecified atom stereocenters. The minimum absolute atomic E-state index is 0.168. The number of aromatic nitrogens is 1. The Morgan fingerprint density at radius 3 is 2.59 bits per heavy atom. The normalized spacial score (nSPS) is 24.0. The van der Waals surface area contributed by atoms with Crippen molar-refractivity contribution in [3.63, 3.8) is 0 Å². The summed E-state index contributed by atoms with van der Waals surface area (Å²) in [4.78, 5) is 31.6. The molecular formula is C30H42N2O4S. The van der Waals surface area contributed by atoms with Gasteiger partial charge in [-0.25, -0.2) is 9.78 Å². The second-order valence-electron chi connectivity index (χ2n) is 9.95. The molecule has 1 aliphatic heterocycles. The lowest BCUT2D eigenvalue weighted by atomic mass is 10.1. The summed E-state index contributed by atoms with van der Waals surface area (Å²) >= 11 is 1.58. The zero-order valence-electron chi connectivity index (χ0n) is 23.2. The molecule has 0 spiro atoms. The molecule has 1 aromatic rings. The van der Waals surface area contributed by atoms with E-state index in [0.29, 0.717) is 19.3 Å². The standard InChI is InChI=1S/C30H42N2O4S/c1-22(16-17-32(5)6)14-15-24(3)19-27-20-28-31-26(21-37-28)11-7-8-12-29(33)35-25(4)18-23(2)10-9-13-30(34)36-27/h9-10,13-16,19,21,25,27H,7-8,11-12,17-18,20H2,1-6H3/b13-9-,15-14+,22-16+,23-10+,24-19+/t25-,27+/m0/s1. The molecule has 37 heavy (non-hydrogen) atoms. The van der Waals surface area contributed by atoms with E-state index in [1.807, 2.05) is 53.1 Å². The summed E-state index contributed by atoms with van der Waals surface area (Å²) in [6, 6.07) is 0. The third-order valence-electron chi connectivity index (χ3n) is 5.70. The van der Waals surface area contributed by atoms with Crippen LogP contribution in [-0.2, 0) is 31.9 Å². The van der Waals surface area contributed by atoms with Crippen LogP contribution in [0.25, 0.3) is 0 Å². The van der Waals surface area contributed by atoms with E-state index in [0.717, 1.165) is 47.7 Å². The molecule has 202 valence electrons. The summed E-state index contributed by atoms with van der Waals surface area (Å²) in [5.41, 5.74) is 4.22. The number of esters is 2. The van der Waals surface area contributed by atoms with Crippen molar-refractivity contribution in [2.24, 2.45) is 0 Å². The Labute approximate surface area is 226 Å². The van der Waals surface area contributed by atoms with Gasteiger partial charge in [-0.15, -0.1) is 11.3 Å². The first kappa shape index (κ1) is 30.5. The molecule has 2 atom stereocenters. The largest absolute Gasteiger partial charge is 0.462 e. The number of rotatable bonds is 5. The van der Waals surface area contributed by atoms with Crippen LogP contribution in [0.3, 0.4) is 0 Å². The van der Waals surface area contributed by atoms with Crippen LogP contribution in [0.15, 0.2) is 64.6 Å². The number of fused-ring (bicyclic) bond motifs is 2. The van der Waals surface area contributed by atoms with Crippen LogP contribution in [0, 0.1) is 0 Å². The first-order valence-corrected chi connectivity index (χ1v) is 13.8. The van der Waals surface area contributed by atoms with Crippen molar-refractivity contribution in [1.29, 1.82) is 0 Å². The molecule has 0 fully saturated rings. The van der Waals surface area contributed by atoms with Gasteiger partial charge in [0.25, 0.3) is 0 Å². The minimum Gasteiger partial charge on any atom is -0.462 e. The van der Waals surface area contributed by atoms with Gasteiger partial charge in [-0.3, -0.25) is 4.79 Å². The molecule has 0 radical (unpaired) electrons. The van der Waals surface area contributed by atoms with Crippen LogP contribution in [0.2, 0.25) is 0 Å². The van der Waals surface area contributed by atoms with Gasteiger partial charge in [-0.05, 0) is 67.1 Å². The zero-order chi connectivity index (χ0) is 27.2. The van der Waals surface area contributed by atoms with Crippen molar-refractivity contribution in [2.45, 2.75) is 78.4 Å². The number of aryl methyl sites for hydroxylation is 1. The average Bonchev–Trinajstić information content (AvgIpc) is 3.25. The van der Waals surface area contributed by atoms with Crippen molar-refractivity contribution >= 4 is 23.3 Å². The van der Waals surface area contributed by atoms with Crippen LogP contribution >= 0.6 is 11.3 Å². The zero-order valence-corrected chi connectivity index (χ0v) is 24.0. The SMILES string of the molecule is CC(/C=C/C(C)=C/[C@@H]1Cc2nc(cs2)CCCCC(=O)O[C@@H](C)C/C(C)=C/C=C\C(=O)O1)=C\CN(C)C. The first-order valence-electron chi connectivity index (χ1n) is 13.0. The monoisotopic (exact) mass is 526 g/mol. The number of ether oxygens (including phenoxy) is 2. The summed E-state index contributed by atoms with van der Waals surface area (Å²) in [5.74, 6) is -0.572. The summed E-state index contributed by atoms with van der Waals surface area (Å²) < 4.78 is 11.3. The molecule has 0 saturated heterocycles. The number of hydrogen-bond acceptors (Lipinski definition) is 7. The number of carbonyl (C=O) groups is 2. The van der Waals surface area contributed by atoms with Gasteiger partial charge in [0.2, 0.25) is 0 Å². The maximum atomic E-state index is 12.6. The first-order chi connectivity index (χ1) is 17.6. The molecule has 0 saturated carbocycles. The van der Waals surface area contributed by atoms with Crippen LogP contribution in [0.4, 0.5) is 0 Å². The molecule has 2 heterocycles. The van der Waals surface area contributed by atoms with E-state index in [1.54, 1.807) is 17.4 Å². The maximum Gasteiger partial charge on any atom is 0.331 e. The third kappa shape index (κ3) is 13.4. The van der Waals surface area contributed by atoms with Gasteiger partial charge in [0.05, 0.1) is 10.7 Å². The number of thiazole rings is 1. The fourth-order valence-electron chi connectivity index (χ4n) is 3.77. The molecule has 0 N–H and O–H groups in total. The van der Waals surface area contributed by atoms with Crippen molar-refractivity contribution in [1.82, 2.24) is 9.88 Å². The van der Waals surface area contributed by atoms with E-state index in [9.17, 15) is 9.59 Å².